The van der Waals surface area contributed by atoms with E-state index in [-0.39, 0.29) is 21.7 Å². The van der Waals surface area contributed by atoms with Crippen LogP contribution in [0.1, 0.15) is 116 Å². The first-order chi connectivity index (χ1) is 16.2. The van der Waals surface area contributed by atoms with Gasteiger partial charge in [-0.05, 0) is 62.3 Å². The number of rotatable bonds is 5. The summed E-state index contributed by atoms with van der Waals surface area (Å²) in [7, 11) is 0. The van der Waals surface area contributed by atoms with Gasteiger partial charge in [-0.15, -0.1) is 0 Å². The molecule has 0 aliphatic carbocycles. The van der Waals surface area contributed by atoms with Gasteiger partial charge in [0, 0.05) is 11.6 Å². The third kappa shape index (κ3) is 7.02. The van der Waals surface area contributed by atoms with Gasteiger partial charge in [0.25, 0.3) is 0 Å². The number of carbonyl (C=O) groups excluding carboxylic acids is 1. The lowest BCUT2D eigenvalue weighted by molar-refractivity contribution is -0.129. The molecule has 0 heterocycles. The number of phenols is 1. The second kappa shape index (κ2) is 10.1. The molecule has 0 spiro atoms. The topological polar surface area (TPSA) is 46.5 Å². The van der Waals surface area contributed by atoms with Crippen LogP contribution < -0.4 is 4.74 Å². The van der Waals surface area contributed by atoms with Crippen LogP contribution in [0, 0.1) is 0 Å². The highest BCUT2D eigenvalue weighted by atomic mass is 16.5. The first kappa shape index (κ1) is 29.7. The van der Waals surface area contributed by atoms with Crippen LogP contribution in [-0.4, -0.2) is 11.1 Å². The molecule has 0 atom stereocenters. The molecule has 2 aromatic rings. The average Bonchev–Trinajstić information content (AvgIpc) is 2.70. The summed E-state index contributed by atoms with van der Waals surface area (Å²) in [4.78, 5) is 12.4. The molecule has 36 heavy (non-hydrogen) atoms. The molecule has 2 aromatic carbocycles. The number of hydrogen-bond donors (Lipinski definition) is 1. The van der Waals surface area contributed by atoms with Crippen molar-refractivity contribution in [3.8, 4) is 11.5 Å². The van der Waals surface area contributed by atoms with Crippen molar-refractivity contribution in [1.82, 2.24) is 0 Å². The predicted octanol–water partition coefficient (Wildman–Crippen LogP) is 8.46. The number of benzene rings is 2. The smallest absolute Gasteiger partial charge is 0.335 e. The minimum Gasteiger partial charge on any atom is -0.507 e. The summed E-state index contributed by atoms with van der Waals surface area (Å²) < 4.78 is 5.88. The van der Waals surface area contributed by atoms with Gasteiger partial charge < -0.3 is 9.84 Å². The number of hydrogen-bond acceptors (Lipinski definition) is 3. The van der Waals surface area contributed by atoms with E-state index < -0.39 is 5.97 Å². The van der Waals surface area contributed by atoms with Crippen LogP contribution in [0.25, 0.3) is 0 Å². The number of ether oxygens (including phenoxy) is 1. The van der Waals surface area contributed by atoms with Crippen molar-refractivity contribution in [2.45, 2.75) is 118 Å². The van der Waals surface area contributed by atoms with Crippen LogP contribution in [0.15, 0.2) is 36.9 Å². The van der Waals surface area contributed by atoms with E-state index in [9.17, 15) is 9.90 Å². The van der Waals surface area contributed by atoms with Gasteiger partial charge in [-0.3, -0.25) is 0 Å². The summed E-state index contributed by atoms with van der Waals surface area (Å²) >= 11 is 0. The quantitative estimate of drug-likeness (QED) is 0.259. The van der Waals surface area contributed by atoms with Gasteiger partial charge in [0.15, 0.2) is 0 Å². The Labute approximate surface area is 220 Å². The van der Waals surface area contributed by atoms with E-state index in [1.807, 2.05) is 0 Å². The SMILES string of the molecule is C=CC(=O)Oc1c(CCc2cc(C(C)(C)C)cc(C(C)(C)C)c2O)cc(C(C)(C)C)cc1C(C)(C)C. The second-order valence-corrected chi connectivity index (χ2v) is 14.2. The maximum atomic E-state index is 12.4. The Balaban J connectivity index is 2.73. The Morgan fingerprint density at radius 2 is 1.14 bits per heavy atom. The summed E-state index contributed by atoms with van der Waals surface area (Å²) in [5, 5.41) is 11.3. The Kier molecular flexibility index (Phi) is 8.30. The van der Waals surface area contributed by atoms with Crippen LogP contribution in [0.5, 0.6) is 11.5 Å². The number of aryl methyl sites for hydroxylation is 2. The van der Waals surface area contributed by atoms with Gasteiger partial charge >= 0.3 is 5.97 Å². The number of carbonyl (C=O) groups is 1. The Bertz CT molecular complexity index is 1120. The molecule has 0 radical (unpaired) electrons. The molecule has 0 bridgehead atoms. The first-order valence-electron chi connectivity index (χ1n) is 13.0. The lowest BCUT2D eigenvalue weighted by atomic mass is 9.77. The van der Waals surface area contributed by atoms with Crippen LogP contribution in [0.3, 0.4) is 0 Å². The maximum Gasteiger partial charge on any atom is 0.335 e. The number of phenolic OH excluding ortho intramolecular Hbond substituents is 1. The summed E-state index contributed by atoms with van der Waals surface area (Å²) in [6.45, 7) is 29.6. The lowest BCUT2D eigenvalue weighted by Crippen LogP contribution is -2.21. The van der Waals surface area contributed by atoms with E-state index in [4.69, 9.17) is 4.74 Å². The van der Waals surface area contributed by atoms with E-state index >= 15 is 0 Å². The van der Waals surface area contributed by atoms with Crippen molar-refractivity contribution in [3.63, 3.8) is 0 Å². The molecule has 0 amide bonds. The molecular formula is C33H48O3. The summed E-state index contributed by atoms with van der Waals surface area (Å²) in [5.41, 5.74) is 5.75. The molecule has 1 N–H and O–H groups in total. The summed E-state index contributed by atoms with van der Waals surface area (Å²) in [5.74, 6) is 0.518. The molecule has 0 aromatic heterocycles. The van der Waals surface area contributed by atoms with Crippen molar-refractivity contribution in [1.29, 1.82) is 0 Å². The van der Waals surface area contributed by atoms with E-state index in [0.717, 1.165) is 22.3 Å². The first-order valence-corrected chi connectivity index (χ1v) is 13.0. The van der Waals surface area contributed by atoms with Crippen molar-refractivity contribution in [2.75, 3.05) is 0 Å². The van der Waals surface area contributed by atoms with E-state index in [1.165, 1.54) is 17.2 Å². The lowest BCUT2D eigenvalue weighted by Gasteiger charge is -2.29. The van der Waals surface area contributed by atoms with Crippen molar-refractivity contribution in [2.24, 2.45) is 0 Å². The third-order valence-electron chi connectivity index (χ3n) is 6.74. The normalized spacial score (nSPS) is 13.0. The fourth-order valence-corrected chi connectivity index (χ4v) is 4.29. The van der Waals surface area contributed by atoms with Crippen molar-refractivity contribution < 1.29 is 14.6 Å². The van der Waals surface area contributed by atoms with E-state index in [2.05, 4.69) is 114 Å². The Morgan fingerprint density at radius 1 is 0.722 bits per heavy atom. The number of esters is 1. The largest absolute Gasteiger partial charge is 0.507 e. The van der Waals surface area contributed by atoms with Crippen molar-refractivity contribution >= 4 is 5.97 Å². The molecule has 3 nitrogen and oxygen atoms in total. The molecule has 0 unspecified atom stereocenters. The molecule has 0 aliphatic heterocycles. The highest BCUT2D eigenvalue weighted by Crippen LogP contribution is 2.41. The number of aromatic hydroxyl groups is 1. The van der Waals surface area contributed by atoms with Crippen LogP contribution >= 0.6 is 0 Å². The van der Waals surface area contributed by atoms with E-state index in [0.29, 0.717) is 24.3 Å². The average molecular weight is 493 g/mol. The molecule has 0 saturated carbocycles. The van der Waals surface area contributed by atoms with Gasteiger partial charge in [-0.1, -0.05) is 114 Å². The molecule has 0 saturated heterocycles. The van der Waals surface area contributed by atoms with Gasteiger partial charge in [0.05, 0.1) is 0 Å². The Hall–Kier alpha value is -2.55. The zero-order chi connectivity index (χ0) is 27.9. The Morgan fingerprint density at radius 3 is 1.56 bits per heavy atom. The summed E-state index contributed by atoms with van der Waals surface area (Å²) in [6, 6.07) is 8.62. The molecule has 3 heteroatoms. The fourth-order valence-electron chi connectivity index (χ4n) is 4.29. The van der Waals surface area contributed by atoms with Gasteiger partial charge in [-0.25, -0.2) is 4.79 Å². The zero-order valence-electron chi connectivity index (χ0n) is 24.8. The maximum absolute atomic E-state index is 12.4. The monoisotopic (exact) mass is 492 g/mol. The second-order valence-electron chi connectivity index (χ2n) is 14.2. The molecule has 2 rings (SSSR count). The van der Waals surface area contributed by atoms with Gasteiger partial charge in [0.1, 0.15) is 11.5 Å². The minimum absolute atomic E-state index is 0.0430. The predicted molar refractivity (Wildman–Crippen MR) is 153 cm³/mol. The summed E-state index contributed by atoms with van der Waals surface area (Å²) in [6.07, 6.45) is 2.48. The fraction of sp³-hybridized carbons (Fsp3) is 0.545. The molecular weight excluding hydrogens is 444 g/mol. The van der Waals surface area contributed by atoms with E-state index in [1.54, 1.807) is 0 Å². The van der Waals surface area contributed by atoms with Gasteiger partial charge in [-0.2, -0.15) is 0 Å². The third-order valence-corrected chi connectivity index (χ3v) is 6.74. The molecule has 198 valence electrons. The zero-order valence-corrected chi connectivity index (χ0v) is 24.8. The van der Waals surface area contributed by atoms with Crippen LogP contribution in [0.2, 0.25) is 0 Å². The van der Waals surface area contributed by atoms with Crippen LogP contribution in [-0.2, 0) is 39.3 Å². The van der Waals surface area contributed by atoms with Crippen LogP contribution in [0.4, 0.5) is 0 Å². The minimum atomic E-state index is -0.460. The van der Waals surface area contributed by atoms with Crippen molar-refractivity contribution in [3.05, 3.63) is 70.3 Å². The highest BCUT2D eigenvalue weighted by molar-refractivity contribution is 5.84. The molecule has 0 aliphatic rings. The highest BCUT2D eigenvalue weighted by Gasteiger charge is 2.28. The molecule has 0 fully saturated rings. The standard InChI is InChI=1S/C33H48O3/c1-14-27(34)36-29-22(18-24(31(5,6)7)20-26(29)33(11,12)13)16-15-21-17-23(30(2,3)4)19-25(28(21)35)32(8,9)10/h14,17-20,35H,1,15-16H2,2-13H3. The van der Waals surface area contributed by atoms with Gasteiger partial charge in [0.2, 0.25) is 0 Å².